The molecule has 2 aliphatic rings. The van der Waals surface area contributed by atoms with Gasteiger partial charge in [-0.25, -0.2) is 0 Å². The van der Waals surface area contributed by atoms with Crippen molar-refractivity contribution in [2.24, 2.45) is 5.73 Å². The molecule has 0 amide bonds. The van der Waals surface area contributed by atoms with E-state index in [4.69, 9.17) is 22.7 Å². The molecule has 2 rings (SSSR count). The minimum Gasteiger partial charge on any atom is -0.392 e. The summed E-state index contributed by atoms with van der Waals surface area (Å²) in [5, 5.41) is 0. The first-order valence-electron chi connectivity index (χ1n) is 7.27. The molecular formula is C14H26N2OS. The Balaban J connectivity index is 1.99. The average Bonchev–Trinajstić information content (AvgIpc) is 2.89. The highest BCUT2D eigenvalue weighted by Gasteiger charge is 2.32. The summed E-state index contributed by atoms with van der Waals surface area (Å²) in [6, 6.07) is 1.32. The highest BCUT2D eigenvalue weighted by atomic mass is 32.1. The zero-order valence-corrected chi connectivity index (χ0v) is 12.3. The maximum atomic E-state index is 5.79. The number of methoxy groups -OCH3 is 1. The van der Waals surface area contributed by atoms with Crippen molar-refractivity contribution in [3.05, 3.63) is 0 Å². The van der Waals surface area contributed by atoms with Crippen molar-refractivity contribution in [3.8, 4) is 0 Å². The number of thiocarbonyl (C=S) groups is 1. The fraction of sp³-hybridized carbons (Fsp3) is 0.929. The van der Waals surface area contributed by atoms with Crippen LogP contribution < -0.4 is 5.73 Å². The van der Waals surface area contributed by atoms with E-state index in [1.165, 1.54) is 44.9 Å². The third kappa shape index (κ3) is 3.65. The van der Waals surface area contributed by atoms with Crippen LogP contribution in [0.25, 0.3) is 0 Å². The standard InChI is InChI=1S/C14H26N2OS/c1-17-13-8-4-7-12(9-13)16(10-14(15)18)11-5-2-3-6-11/h11-13H,2-10H2,1H3,(H2,15,18). The van der Waals surface area contributed by atoms with Crippen LogP contribution in [0.1, 0.15) is 51.4 Å². The zero-order valence-electron chi connectivity index (χ0n) is 11.4. The predicted octanol–water partition coefficient (Wildman–Crippen LogP) is 2.47. The van der Waals surface area contributed by atoms with E-state index in [2.05, 4.69) is 4.90 Å². The fourth-order valence-corrected chi connectivity index (χ4v) is 3.76. The number of hydrogen-bond donors (Lipinski definition) is 1. The van der Waals surface area contributed by atoms with Gasteiger partial charge in [0.05, 0.1) is 11.1 Å². The first-order valence-corrected chi connectivity index (χ1v) is 7.68. The average molecular weight is 270 g/mol. The van der Waals surface area contributed by atoms with Crippen LogP contribution >= 0.6 is 12.2 Å². The lowest BCUT2D eigenvalue weighted by Crippen LogP contribution is -2.48. The summed E-state index contributed by atoms with van der Waals surface area (Å²) in [5.74, 6) is 0. The van der Waals surface area contributed by atoms with Gasteiger partial charge in [-0.05, 0) is 38.5 Å². The van der Waals surface area contributed by atoms with Crippen LogP contribution in [0.4, 0.5) is 0 Å². The Hall–Kier alpha value is -0.190. The highest BCUT2D eigenvalue weighted by Crippen LogP contribution is 2.31. The second-order valence-corrected chi connectivity index (χ2v) is 6.28. The number of nitrogens with two attached hydrogens (primary N) is 1. The van der Waals surface area contributed by atoms with E-state index in [9.17, 15) is 0 Å². The molecule has 0 radical (unpaired) electrons. The van der Waals surface area contributed by atoms with Gasteiger partial charge in [-0.3, -0.25) is 4.90 Å². The molecule has 3 nitrogen and oxygen atoms in total. The van der Waals surface area contributed by atoms with Crippen LogP contribution in [0, 0.1) is 0 Å². The topological polar surface area (TPSA) is 38.5 Å². The smallest absolute Gasteiger partial charge is 0.0870 e. The Bertz CT molecular complexity index is 279. The molecule has 0 heterocycles. The van der Waals surface area contributed by atoms with Crippen LogP contribution in [0.3, 0.4) is 0 Å². The molecule has 2 N–H and O–H groups in total. The predicted molar refractivity (Wildman–Crippen MR) is 78.8 cm³/mol. The van der Waals surface area contributed by atoms with Gasteiger partial charge in [0.25, 0.3) is 0 Å². The van der Waals surface area contributed by atoms with Gasteiger partial charge < -0.3 is 10.5 Å². The van der Waals surface area contributed by atoms with Crippen molar-refractivity contribution in [1.29, 1.82) is 0 Å². The molecule has 2 aliphatic carbocycles. The Morgan fingerprint density at radius 1 is 1.17 bits per heavy atom. The minimum atomic E-state index is 0.430. The third-order valence-corrected chi connectivity index (χ3v) is 4.66. The molecule has 18 heavy (non-hydrogen) atoms. The first kappa shape index (κ1) is 14.2. The zero-order chi connectivity index (χ0) is 13.0. The molecule has 0 bridgehead atoms. The SMILES string of the molecule is COC1CCCC(N(CC(N)=S)C2CCCC2)C1. The van der Waals surface area contributed by atoms with Crippen molar-refractivity contribution in [3.63, 3.8) is 0 Å². The summed E-state index contributed by atoms with van der Waals surface area (Å²) in [5.41, 5.74) is 5.79. The Labute approximate surface area is 116 Å². The van der Waals surface area contributed by atoms with E-state index in [-0.39, 0.29) is 0 Å². The summed E-state index contributed by atoms with van der Waals surface area (Å²) in [4.78, 5) is 3.22. The molecular weight excluding hydrogens is 244 g/mol. The molecule has 0 saturated heterocycles. The second-order valence-electron chi connectivity index (χ2n) is 5.76. The maximum Gasteiger partial charge on any atom is 0.0870 e. The first-order chi connectivity index (χ1) is 8.70. The molecule has 2 atom stereocenters. The van der Waals surface area contributed by atoms with Gasteiger partial charge in [0, 0.05) is 25.7 Å². The molecule has 104 valence electrons. The highest BCUT2D eigenvalue weighted by molar-refractivity contribution is 7.80. The number of hydrogen-bond acceptors (Lipinski definition) is 3. The van der Waals surface area contributed by atoms with Crippen molar-refractivity contribution >= 4 is 17.2 Å². The van der Waals surface area contributed by atoms with Crippen molar-refractivity contribution < 1.29 is 4.74 Å². The molecule has 0 aromatic rings. The van der Waals surface area contributed by atoms with Crippen LogP contribution in [0.2, 0.25) is 0 Å². The molecule has 2 saturated carbocycles. The van der Waals surface area contributed by atoms with Gasteiger partial charge in [-0.1, -0.05) is 25.1 Å². The summed E-state index contributed by atoms with van der Waals surface area (Å²) in [7, 11) is 1.83. The van der Waals surface area contributed by atoms with E-state index < -0.39 is 0 Å². The van der Waals surface area contributed by atoms with E-state index in [1.807, 2.05) is 7.11 Å². The van der Waals surface area contributed by atoms with E-state index in [1.54, 1.807) is 0 Å². The monoisotopic (exact) mass is 270 g/mol. The van der Waals surface area contributed by atoms with Gasteiger partial charge in [0.15, 0.2) is 0 Å². The van der Waals surface area contributed by atoms with E-state index in [0.717, 1.165) is 13.0 Å². The third-order valence-electron chi connectivity index (χ3n) is 4.53. The van der Waals surface area contributed by atoms with Crippen molar-refractivity contribution in [1.82, 2.24) is 4.90 Å². The number of ether oxygens (including phenoxy) is 1. The number of nitrogens with zero attached hydrogens (tertiary/aromatic N) is 1. The molecule has 2 unspecified atom stereocenters. The van der Waals surface area contributed by atoms with Crippen molar-refractivity contribution in [2.45, 2.75) is 69.6 Å². The summed E-state index contributed by atoms with van der Waals surface area (Å²) < 4.78 is 5.55. The van der Waals surface area contributed by atoms with Gasteiger partial charge >= 0.3 is 0 Å². The maximum absolute atomic E-state index is 5.79. The lowest BCUT2D eigenvalue weighted by atomic mass is 9.90. The van der Waals surface area contributed by atoms with Gasteiger partial charge in [-0.2, -0.15) is 0 Å². The van der Waals surface area contributed by atoms with Gasteiger partial charge in [-0.15, -0.1) is 0 Å². The largest absolute Gasteiger partial charge is 0.392 e. The van der Waals surface area contributed by atoms with Crippen LogP contribution in [-0.4, -0.2) is 41.7 Å². The van der Waals surface area contributed by atoms with Gasteiger partial charge in [0.1, 0.15) is 0 Å². The fourth-order valence-electron chi connectivity index (χ4n) is 3.61. The Kier molecular flexibility index (Phi) is 5.39. The molecule has 2 fully saturated rings. The minimum absolute atomic E-state index is 0.430. The number of rotatable bonds is 5. The van der Waals surface area contributed by atoms with E-state index >= 15 is 0 Å². The molecule has 0 aromatic carbocycles. The molecule has 4 heteroatoms. The van der Waals surface area contributed by atoms with Gasteiger partial charge in [0.2, 0.25) is 0 Å². The Morgan fingerprint density at radius 3 is 2.44 bits per heavy atom. The van der Waals surface area contributed by atoms with Crippen LogP contribution in [0.15, 0.2) is 0 Å². The second kappa shape index (κ2) is 6.83. The summed E-state index contributed by atoms with van der Waals surface area (Å²) in [6.45, 7) is 0.793. The lowest BCUT2D eigenvalue weighted by Gasteiger charge is -2.40. The molecule has 0 aromatic heterocycles. The quantitative estimate of drug-likeness (QED) is 0.779. The Morgan fingerprint density at radius 2 is 1.83 bits per heavy atom. The normalized spacial score (nSPS) is 29.9. The van der Waals surface area contributed by atoms with Crippen LogP contribution in [-0.2, 0) is 4.74 Å². The lowest BCUT2D eigenvalue weighted by molar-refractivity contribution is 0.0206. The van der Waals surface area contributed by atoms with Crippen molar-refractivity contribution in [2.75, 3.05) is 13.7 Å². The molecule has 0 spiro atoms. The summed E-state index contributed by atoms with van der Waals surface area (Å²) in [6.07, 6.45) is 10.7. The molecule has 0 aliphatic heterocycles. The van der Waals surface area contributed by atoms with Crippen LogP contribution in [0.5, 0.6) is 0 Å². The summed E-state index contributed by atoms with van der Waals surface area (Å²) >= 11 is 5.14. The van der Waals surface area contributed by atoms with E-state index in [0.29, 0.717) is 23.2 Å².